The summed E-state index contributed by atoms with van der Waals surface area (Å²) in [6.07, 6.45) is 2.59. The molecule has 108 valence electrons. The Hall–Kier alpha value is -1.64. The zero-order chi connectivity index (χ0) is 14.7. The highest BCUT2D eigenvalue weighted by atomic mass is 35.5. The molecule has 0 unspecified atom stereocenters. The Morgan fingerprint density at radius 2 is 1.71 bits per heavy atom. The third kappa shape index (κ3) is 3.52. The Balaban J connectivity index is 1.72. The van der Waals surface area contributed by atoms with Crippen LogP contribution in [-0.4, -0.2) is 23.8 Å². The summed E-state index contributed by atoms with van der Waals surface area (Å²) in [7, 11) is 0. The first kappa shape index (κ1) is 14.3. The van der Waals surface area contributed by atoms with Gasteiger partial charge in [0.15, 0.2) is 5.78 Å². The quantitative estimate of drug-likeness (QED) is 0.790. The van der Waals surface area contributed by atoms with Gasteiger partial charge in [-0.15, -0.1) is 0 Å². The van der Waals surface area contributed by atoms with Crippen LogP contribution >= 0.6 is 11.6 Å². The fraction of sp³-hybridized carbons (Fsp3) is 0.278. The van der Waals surface area contributed by atoms with E-state index in [1.54, 1.807) is 24.3 Å². The lowest BCUT2D eigenvalue weighted by Crippen LogP contribution is -2.18. The van der Waals surface area contributed by atoms with Crippen LogP contribution in [0.5, 0.6) is 0 Å². The van der Waals surface area contributed by atoms with Gasteiger partial charge in [-0.1, -0.05) is 48.0 Å². The molecule has 0 N–H and O–H groups in total. The highest BCUT2D eigenvalue weighted by Crippen LogP contribution is 2.17. The monoisotopic (exact) mass is 299 g/mol. The molecule has 3 heteroatoms. The Morgan fingerprint density at radius 1 is 1.00 bits per heavy atom. The van der Waals surface area contributed by atoms with Crippen LogP contribution in [0.25, 0.3) is 0 Å². The van der Waals surface area contributed by atoms with Gasteiger partial charge in [-0.25, -0.2) is 0 Å². The second-order valence-corrected chi connectivity index (χ2v) is 5.96. The SMILES string of the molecule is O=C(c1ccc(CN2CCCC2)cc1)c1cccc(Cl)c1. The van der Waals surface area contributed by atoms with E-state index in [0.717, 1.165) is 6.54 Å². The minimum Gasteiger partial charge on any atom is -0.299 e. The number of rotatable bonds is 4. The molecule has 1 aliphatic heterocycles. The Kier molecular flexibility index (Phi) is 4.37. The molecule has 2 aromatic rings. The summed E-state index contributed by atoms with van der Waals surface area (Å²) in [5, 5.41) is 0.589. The number of ketones is 1. The molecule has 0 aliphatic carbocycles. The third-order valence-corrected chi connectivity index (χ3v) is 4.14. The Bertz CT molecular complexity index is 630. The molecule has 1 heterocycles. The average Bonchev–Trinajstić information content (AvgIpc) is 3.00. The largest absolute Gasteiger partial charge is 0.299 e. The number of nitrogens with zero attached hydrogens (tertiary/aromatic N) is 1. The number of halogens is 1. The van der Waals surface area contributed by atoms with Crippen molar-refractivity contribution in [2.24, 2.45) is 0 Å². The molecular weight excluding hydrogens is 282 g/mol. The maximum Gasteiger partial charge on any atom is 0.193 e. The van der Waals surface area contributed by atoms with Gasteiger partial charge in [-0.2, -0.15) is 0 Å². The van der Waals surface area contributed by atoms with Gasteiger partial charge in [0, 0.05) is 22.7 Å². The highest BCUT2D eigenvalue weighted by molar-refractivity contribution is 6.31. The molecule has 0 spiro atoms. The van der Waals surface area contributed by atoms with Gasteiger partial charge < -0.3 is 0 Å². The van der Waals surface area contributed by atoms with E-state index in [4.69, 9.17) is 11.6 Å². The molecule has 2 nitrogen and oxygen atoms in total. The second kappa shape index (κ2) is 6.42. The Labute approximate surface area is 130 Å². The zero-order valence-corrected chi connectivity index (χ0v) is 12.6. The topological polar surface area (TPSA) is 20.3 Å². The van der Waals surface area contributed by atoms with Crippen molar-refractivity contribution in [3.63, 3.8) is 0 Å². The van der Waals surface area contributed by atoms with E-state index < -0.39 is 0 Å². The number of carbonyl (C=O) groups excluding carboxylic acids is 1. The summed E-state index contributed by atoms with van der Waals surface area (Å²) in [5.74, 6) is 0.0187. The summed E-state index contributed by atoms with van der Waals surface area (Å²) < 4.78 is 0. The van der Waals surface area contributed by atoms with Crippen molar-refractivity contribution in [2.45, 2.75) is 19.4 Å². The van der Waals surface area contributed by atoms with Gasteiger partial charge in [-0.3, -0.25) is 9.69 Å². The lowest BCUT2D eigenvalue weighted by molar-refractivity contribution is 0.103. The van der Waals surface area contributed by atoms with Crippen LogP contribution in [0.15, 0.2) is 48.5 Å². The van der Waals surface area contributed by atoms with Crippen molar-refractivity contribution in [2.75, 3.05) is 13.1 Å². The summed E-state index contributed by atoms with van der Waals surface area (Å²) in [4.78, 5) is 14.8. The summed E-state index contributed by atoms with van der Waals surface area (Å²) in [5.41, 5.74) is 2.61. The summed E-state index contributed by atoms with van der Waals surface area (Å²) in [6, 6.07) is 15.0. The van der Waals surface area contributed by atoms with Crippen LogP contribution in [0.3, 0.4) is 0 Å². The van der Waals surface area contributed by atoms with Crippen LogP contribution in [0.2, 0.25) is 5.02 Å². The predicted octanol–water partition coefficient (Wildman–Crippen LogP) is 4.17. The molecule has 21 heavy (non-hydrogen) atoms. The van der Waals surface area contributed by atoms with Gasteiger partial charge in [0.25, 0.3) is 0 Å². The molecule has 0 bridgehead atoms. The highest BCUT2D eigenvalue weighted by Gasteiger charge is 2.13. The fourth-order valence-electron chi connectivity index (χ4n) is 2.76. The van der Waals surface area contributed by atoms with E-state index in [2.05, 4.69) is 17.0 Å². The maximum absolute atomic E-state index is 12.4. The standard InChI is InChI=1S/C18H18ClNO/c19-17-5-3-4-16(12-17)18(21)15-8-6-14(7-9-15)13-20-10-1-2-11-20/h3-9,12H,1-2,10-11,13H2. The van der Waals surface area contributed by atoms with E-state index in [1.165, 1.54) is 31.5 Å². The molecule has 2 aromatic carbocycles. The van der Waals surface area contributed by atoms with E-state index in [9.17, 15) is 4.79 Å². The molecular formula is C18H18ClNO. The molecule has 0 radical (unpaired) electrons. The van der Waals surface area contributed by atoms with Crippen molar-refractivity contribution in [3.8, 4) is 0 Å². The van der Waals surface area contributed by atoms with Crippen LogP contribution in [0.4, 0.5) is 0 Å². The Morgan fingerprint density at radius 3 is 2.38 bits per heavy atom. The van der Waals surface area contributed by atoms with Gasteiger partial charge in [-0.05, 0) is 43.6 Å². The number of benzene rings is 2. The molecule has 0 aromatic heterocycles. The van der Waals surface area contributed by atoms with Gasteiger partial charge in [0.2, 0.25) is 0 Å². The van der Waals surface area contributed by atoms with Crippen molar-refractivity contribution in [1.29, 1.82) is 0 Å². The molecule has 0 saturated carbocycles. The third-order valence-electron chi connectivity index (χ3n) is 3.91. The fourth-order valence-corrected chi connectivity index (χ4v) is 2.95. The number of hydrogen-bond acceptors (Lipinski definition) is 2. The van der Waals surface area contributed by atoms with Crippen LogP contribution in [0.1, 0.15) is 34.3 Å². The minimum atomic E-state index is 0.0187. The maximum atomic E-state index is 12.4. The molecule has 3 rings (SSSR count). The molecule has 0 amide bonds. The van der Waals surface area contributed by atoms with E-state index >= 15 is 0 Å². The van der Waals surface area contributed by atoms with E-state index in [1.807, 2.05) is 12.1 Å². The molecule has 1 fully saturated rings. The lowest BCUT2D eigenvalue weighted by Gasteiger charge is -2.14. The van der Waals surface area contributed by atoms with Gasteiger partial charge in [0.05, 0.1) is 0 Å². The van der Waals surface area contributed by atoms with Crippen molar-refractivity contribution in [1.82, 2.24) is 4.90 Å². The average molecular weight is 300 g/mol. The van der Waals surface area contributed by atoms with Crippen molar-refractivity contribution in [3.05, 3.63) is 70.2 Å². The van der Waals surface area contributed by atoms with Gasteiger partial charge >= 0.3 is 0 Å². The van der Waals surface area contributed by atoms with Crippen LogP contribution in [-0.2, 0) is 6.54 Å². The van der Waals surface area contributed by atoms with Crippen LogP contribution in [0, 0.1) is 0 Å². The second-order valence-electron chi connectivity index (χ2n) is 5.52. The van der Waals surface area contributed by atoms with Crippen molar-refractivity contribution < 1.29 is 4.79 Å². The smallest absolute Gasteiger partial charge is 0.193 e. The van der Waals surface area contributed by atoms with E-state index in [-0.39, 0.29) is 5.78 Å². The first-order valence-corrected chi connectivity index (χ1v) is 7.72. The number of hydrogen-bond donors (Lipinski definition) is 0. The summed E-state index contributed by atoms with van der Waals surface area (Å²) in [6.45, 7) is 3.35. The van der Waals surface area contributed by atoms with Crippen molar-refractivity contribution >= 4 is 17.4 Å². The van der Waals surface area contributed by atoms with Gasteiger partial charge in [0.1, 0.15) is 0 Å². The number of likely N-dealkylation sites (tertiary alicyclic amines) is 1. The molecule has 1 saturated heterocycles. The normalized spacial score (nSPS) is 15.3. The first-order valence-electron chi connectivity index (χ1n) is 7.34. The van der Waals surface area contributed by atoms with Crippen LogP contribution < -0.4 is 0 Å². The lowest BCUT2D eigenvalue weighted by atomic mass is 10.0. The molecule has 1 aliphatic rings. The molecule has 0 atom stereocenters. The zero-order valence-electron chi connectivity index (χ0n) is 11.9. The first-order chi connectivity index (χ1) is 10.2. The minimum absolute atomic E-state index is 0.0187. The predicted molar refractivity (Wildman–Crippen MR) is 85.8 cm³/mol. The number of carbonyl (C=O) groups is 1. The van der Waals surface area contributed by atoms with E-state index in [0.29, 0.717) is 16.1 Å². The summed E-state index contributed by atoms with van der Waals surface area (Å²) >= 11 is 5.94.